The van der Waals surface area contributed by atoms with Crippen molar-refractivity contribution in [1.29, 1.82) is 0 Å². The van der Waals surface area contributed by atoms with Crippen molar-refractivity contribution in [2.24, 2.45) is 11.8 Å². The molecule has 33 heavy (non-hydrogen) atoms. The van der Waals surface area contributed by atoms with Crippen LogP contribution in [0.25, 0.3) is 0 Å². The predicted molar refractivity (Wildman–Crippen MR) is 115 cm³/mol. The summed E-state index contributed by atoms with van der Waals surface area (Å²) in [4.78, 5) is 63.2. The van der Waals surface area contributed by atoms with E-state index in [1.165, 1.54) is 10.8 Å². The van der Waals surface area contributed by atoms with Crippen molar-refractivity contribution in [3.8, 4) is 5.75 Å². The molecule has 3 aliphatic carbocycles. The highest BCUT2D eigenvalue weighted by atomic mass is 16.5. The number of pyridine rings is 1. The van der Waals surface area contributed by atoms with Gasteiger partial charge < -0.3 is 30.6 Å². The van der Waals surface area contributed by atoms with Gasteiger partial charge in [-0.3, -0.25) is 24.0 Å². The lowest BCUT2D eigenvalue weighted by molar-refractivity contribution is -0.142. The Morgan fingerprint density at radius 2 is 2.03 bits per heavy atom. The Morgan fingerprint density at radius 3 is 2.73 bits per heavy atom. The van der Waals surface area contributed by atoms with Gasteiger partial charge in [0.2, 0.25) is 17.6 Å². The molecule has 3 amide bonds. The highest BCUT2D eigenvalue weighted by Gasteiger charge is 2.52. The van der Waals surface area contributed by atoms with Gasteiger partial charge in [0, 0.05) is 24.2 Å². The molecule has 176 valence electrons. The van der Waals surface area contributed by atoms with Crippen LogP contribution < -0.4 is 31.6 Å². The number of Topliss-reactive ketones (excluding diaryl/α,β-unsaturated/α-hetero) is 1. The summed E-state index contributed by atoms with van der Waals surface area (Å²) in [5.74, 6) is -1.71. The molecule has 1 aromatic rings. The first kappa shape index (κ1) is 21.5. The fourth-order valence-corrected chi connectivity index (χ4v) is 5.49. The molecule has 3 saturated carbocycles. The zero-order chi connectivity index (χ0) is 23.2. The third-order valence-electron chi connectivity index (χ3n) is 7.24. The van der Waals surface area contributed by atoms with E-state index in [4.69, 9.17) is 4.74 Å². The highest BCUT2D eigenvalue weighted by Crippen LogP contribution is 2.51. The van der Waals surface area contributed by atoms with Crippen molar-refractivity contribution in [3.05, 3.63) is 22.6 Å². The van der Waals surface area contributed by atoms with Crippen LogP contribution in [0.4, 0.5) is 5.69 Å². The number of aromatic nitrogens is 1. The van der Waals surface area contributed by atoms with Crippen molar-refractivity contribution in [2.45, 2.75) is 56.7 Å². The van der Waals surface area contributed by atoms with Crippen molar-refractivity contribution in [3.63, 3.8) is 0 Å². The van der Waals surface area contributed by atoms with E-state index in [0.29, 0.717) is 24.6 Å². The van der Waals surface area contributed by atoms with Gasteiger partial charge in [-0.15, -0.1) is 0 Å². The lowest BCUT2D eigenvalue weighted by Crippen LogP contribution is -2.57. The molecule has 4 N–H and O–H groups in total. The van der Waals surface area contributed by atoms with E-state index in [2.05, 4.69) is 21.3 Å². The molecule has 1 saturated heterocycles. The van der Waals surface area contributed by atoms with Gasteiger partial charge >= 0.3 is 0 Å². The summed E-state index contributed by atoms with van der Waals surface area (Å²) in [6, 6.07) is 0.432. The Bertz CT molecular complexity index is 1070. The van der Waals surface area contributed by atoms with Gasteiger partial charge in [-0.1, -0.05) is 0 Å². The van der Waals surface area contributed by atoms with Crippen molar-refractivity contribution < 1.29 is 23.9 Å². The van der Waals surface area contributed by atoms with E-state index in [1.54, 1.807) is 6.07 Å². The molecule has 4 fully saturated rings. The van der Waals surface area contributed by atoms with Crippen LogP contribution >= 0.6 is 0 Å². The number of amides is 3. The molecule has 11 nitrogen and oxygen atoms in total. The maximum atomic E-state index is 13.0. The van der Waals surface area contributed by atoms with E-state index in [0.717, 1.165) is 25.7 Å². The maximum Gasteiger partial charge on any atom is 0.290 e. The minimum absolute atomic E-state index is 0.0356. The van der Waals surface area contributed by atoms with E-state index in [9.17, 15) is 24.0 Å². The van der Waals surface area contributed by atoms with Crippen LogP contribution in [0.3, 0.4) is 0 Å². The van der Waals surface area contributed by atoms with Crippen LogP contribution in [0, 0.1) is 11.8 Å². The summed E-state index contributed by atoms with van der Waals surface area (Å²) in [6.45, 7) is 0.342. The molecule has 2 aliphatic heterocycles. The van der Waals surface area contributed by atoms with Gasteiger partial charge in [-0.2, -0.15) is 0 Å². The first-order chi connectivity index (χ1) is 15.8. The number of nitrogens with one attached hydrogen (secondary N) is 4. The molecule has 0 spiro atoms. The monoisotopic (exact) mass is 457 g/mol. The number of nitrogens with zero attached hydrogens (tertiary/aromatic N) is 1. The lowest BCUT2D eigenvalue weighted by atomic mass is 9.77. The molecule has 2 atom stereocenters. The second kappa shape index (κ2) is 8.20. The number of fused-ring (bicyclic) bond motifs is 2. The Hall–Kier alpha value is -3.37. The summed E-state index contributed by atoms with van der Waals surface area (Å²) in [5.41, 5.74) is -0.450. The van der Waals surface area contributed by atoms with Crippen LogP contribution in [-0.4, -0.2) is 52.9 Å². The van der Waals surface area contributed by atoms with Gasteiger partial charge in [0.15, 0.2) is 12.5 Å². The summed E-state index contributed by atoms with van der Waals surface area (Å²) < 4.78 is 6.46. The molecule has 5 aliphatic rings. The Labute approximate surface area is 189 Å². The number of ether oxygens (including phenoxy) is 1. The Kier molecular flexibility index (Phi) is 5.34. The minimum atomic E-state index is -1.15. The minimum Gasteiger partial charge on any atom is -0.471 e. The van der Waals surface area contributed by atoms with Gasteiger partial charge in [0.05, 0.1) is 6.04 Å². The zero-order valence-corrected chi connectivity index (χ0v) is 18.1. The largest absolute Gasteiger partial charge is 0.471 e. The molecule has 0 aromatic carbocycles. The number of carbonyl (C=O) groups excluding carboxylic acids is 4. The van der Waals surface area contributed by atoms with Crippen molar-refractivity contribution >= 4 is 29.2 Å². The first-order valence-electron chi connectivity index (χ1n) is 11.4. The van der Waals surface area contributed by atoms with Crippen LogP contribution in [0.15, 0.2) is 17.1 Å². The molecule has 2 bridgehead atoms. The Morgan fingerprint density at radius 1 is 1.21 bits per heavy atom. The molecular weight excluding hydrogens is 430 g/mol. The number of rotatable bonds is 8. The van der Waals surface area contributed by atoms with Crippen LogP contribution in [0.1, 0.15) is 38.5 Å². The van der Waals surface area contributed by atoms with E-state index >= 15 is 0 Å². The fraction of sp³-hybridized carbons (Fsp3) is 0.591. The lowest BCUT2D eigenvalue weighted by Gasteiger charge is -2.39. The maximum absolute atomic E-state index is 13.0. The SMILES string of the molecule is O=C(Cn1ccc2c(c1=O)NCO2)NC(CC1CCNC1=O)C(=O)C(=O)NC12CCC(C1)C2. The van der Waals surface area contributed by atoms with Gasteiger partial charge in [-0.25, -0.2) is 0 Å². The second-order valence-electron chi connectivity index (χ2n) is 9.50. The molecular formula is C22H27N5O6. The normalized spacial score (nSPS) is 27.5. The molecule has 1 aromatic heterocycles. The first-order valence-corrected chi connectivity index (χ1v) is 11.4. The fourth-order valence-electron chi connectivity index (χ4n) is 5.49. The average Bonchev–Trinajstić information content (AvgIpc) is 3.54. The summed E-state index contributed by atoms with van der Waals surface area (Å²) in [6.07, 6.45) is 5.67. The van der Waals surface area contributed by atoms with Crippen LogP contribution in [-0.2, 0) is 25.7 Å². The quantitative estimate of drug-likeness (QED) is 0.376. The molecule has 11 heteroatoms. The third-order valence-corrected chi connectivity index (χ3v) is 7.24. The molecule has 6 rings (SSSR count). The third kappa shape index (κ3) is 4.07. The summed E-state index contributed by atoms with van der Waals surface area (Å²) in [7, 11) is 0. The topological polar surface area (TPSA) is 148 Å². The number of anilines is 1. The summed E-state index contributed by atoms with van der Waals surface area (Å²) >= 11 is 0. The molecule has 0 radical (unpaired) electrons. The zero-order valence-electron chi connectivity index (χ0n) is 18.1. The standard InChI is InChI=1S/C22H27N5O6/c28-16(10-27-6-3-15-17(21(27)32)24-11-33-15)25-14(7-13-2-5-23-19(13)30)18(29)20(31)26-22-4-1-12(8-22)9-22/h3,6,12-14,24H,1-2,4-5,7-11H2,(H,23,30)(H,25,28)(H,26,31). The number of hydrogen-bond acceptors (Lipinski definition) is 7. The Balaban J connectivity index is 1.28. The number of carbonyl (C=O) groups is 4. The van der Waals surface area contributed by atoms with Gasteiger partial charge in [0.1, 0.15) is 12.2 Å². The van der Waals surface area contributed by atoms with E-state index in [-0.39, 0.29) is 36.8 Å². The molecule has 2 unspecified atom stereocenters. The van der Waals surface area contributed by atoms with Crippen LogP contribution in [0.5, 0.6) is 5.75 Å². The summed E-state index contributed by atoms with van der Waals surface area (Å²) in [5, 5.41) is 11.0. The predicted octanol–water partition coefficient (Wildman–Crippen LogP) is -0.751. The average molecular weight is 457 g/mol. The smallest absolute Gasteiger partial charge is 0.290 e. The number of hydrogen-bond donors (Lipinski definition) is 4. The van der Waals surface area contributed by atoms with E-state index < -0.39 is 35.1 Å². The van der Waals surface area contributed by atoms with Gasteiger partial charge in [0.25, 0.3) is 11.5 Å². The van der Waals surface area contributed by atoms with Crippen molar-refractivity contribution in [2.75, 3.05) is 18.6 Å². The highest BCUT2D eigenvalue weighted by molar-refractivity contribution is 6.38. The van der Waals surface area contributed by atoms with Gasteiger partial charge in [-0.05, 0) is 50.5 Å². The number of ketones is 1. The van der Waals surface area contributed by atoms with E-state index in [1.807, 2.05) is 0 Å². The van der Waals surface area contributed by atoms with Crippen molar-refractivity contribution in [1.82, 2.24) is 20.5 Å². The molecule has 3 heterocycles. The second-order valence-corrected chi connectivity index (χ2v) is 9.50. The van der Waals surface area contributed by atoms with Crippen LogP contribution in [0.2, 0.25) is 0 Å².